The zero-order valence-corrected chi connectivity index (χ0v) is 12.4. The molecule has 0 saturated carbocycles. The summed E-state index contributed by atoms with van der Waals surface area (Å²) in [6.07, 6.45) is -15.5. The number of halogens is 6. The zero-order valence-electron chi connectivity index (χ0n) is 12.4. The molecule has 0 saturated heterocycles. The Labute approximate surface area is 119 Å². The first kappa shape index (κ1) is 20.0. The molecule has 3 nitrogen and oxygen atoms in total. The Balaban J connectivity index is 5.20. The molecule has 0 aromatic heterocycles. The molecule has 0 aromatic carbocycles. The molecule has 0 aromatic rings. The third-order valence-corrected chi connectivity index (χ3v) is 2.53. The van der Waals surface area contributed by atoms with Crippen LogP contribution in [0, 0.1) is 5.41 Å². The molecule has 0 aliphatic rings. The number of ether oxygens (including phenoxy) is 1. The number of esters is 1. The highest BCUT2D eigenvalue weighted by Gasteiger charge is 2.60. The van der Waals surface area contributed by atoms with Gasteiger partial charge in [-0.3, -0.25) is 9.69 Å². The normalized spacial score (nSPS) is 15.5. The van der Waals surface area contributed by atoms with Crippen LogP contribution in [0.3, 0.4) is 0 Å². The van der Waals surface area contributed by atoms with E-state index in [1.807, 2.05) is 0 Å². The summed E-state index contributed by atoms with van der Waals surface area (Å²) in [6.45, 7) is 5.13. The topological polar surface area (TPSA) is 29.5 Å². The fourth-order valence-corrected chi connectivity index (χ4v) is 1.57. The maximum Gasteiger partial charge on any atom is 0.434 e. The smallest absolute Gasteiger partial charge is 0.434 e. The van der Waals surface area contributed by atoms with E-state index in [9.17, 15) is 31.1 Å². The van der Waals surface area contributed by atoms with Crippen molar-refractivity contribution in [2.45, 2.75) is 51.7 Å². The Morgan fingerprint density at radius 2 is 1.38 bits per heavy atom. The molecule has 0 rings (SSSR count). The summed E-state index contributed by atoms with van der Waals surface area (Å²) < 4.78 is 77.9. The molecule has 0 N–H and O–H groups in total. The summed E-state index contributed by atoms with van der Waals surface area (Å²) >= 11 is 0. The minimum absolute atomic E-state index is 0.0568. The van der Waals surface area contributed by atoms with Crippen molar-refractivity contribution in [3.63, 3.8) is 0 Å². The van der Waals surface area contributed by atoms with E-state index in [1.165, 1.54) is 19.0 Å². The molecule has 0 bridgehead atoms. The van der Waals surface area contributed by atoms with E-state index in [2.05, 4.69) is 4.74 Å². The first-order valence-corrected chi connectivity index (χ1v) is 6.06. The molecule has 1 unspecified atom stereocenters. The molecule has 1 atom stereocenters. The highest BCUT2D eigenvalue weighted by atomic mass is 19.4. The Bertz CT molecular complexity index is 342. The van der Waals surface area contributed by atoms with E-state index in [1.54, 1.807) is 20.8 Å². The van der Waals surface area contributed by atoms with Crippen molar-refractivity contribution >= 4 is 5.97 Å². The van der Waals surface area contributed by atoms with E-state index in [-0.39, 0.29) is 6.42 Å². The number of hydrogen-bond acceptors (Lipinski definition) is 3. The summed E-state index contributed by atoms with van der Waals surface area (Å²) in [5.41, 5.74) is -0.472. The number of carbonyl (C=O) groups is 1. The van der Waals surface area contributed by atoms with Gasteiger partial charge in [0.25, 0.3) is 6.10 Å². The molecule has 0 aliphatic heterocycles. The lowest BCUT2D eigenvalue weighted by atomic mass is 9.87. The lowest BCUT2D eigenvalue weighted by Crippen LogP contribution is -2.49. The monoisotopic (exact) mass is 323 g/mol. The molecular formula is C12H19F6NO2. The summed E-state index contributed by atoms with van der Waals surface area (Å²) in [6, 6.07) is -1.20. The van der Waals surface area contributed by atoms with Crippen LogP contribution in [0.4, 0.5) is 26.3 Å². The summed E-state index contributed by atoms with van der Waals surface area (Å²) in [4.78, 5) is 12.9. The van der Waals surface area contributed by atoms with Gasteiger partial charge in [-0.25, -0.2) is 0 Å². The number of nitrogens with zero attached hydrogens (tertiary/aromatic N) is 1. The minimum Gasteiger partial charge on any atom is -0.442 e. The summed E-state index contributed by atoms with van der Waals surface area (Å²) in [5.74, 6) is -1.55. The zero-order chi connectivity index (χ0) is 17.2. The van der Waals surface area contributed by atoms with Gasteiger partial charge in [0, 0.05) is 0 Å². The fraction of sp³-hybridized carbons (Fsp3) is 0.917. The molecule has 126 valence electrons. The molecular weight excluding hydrogens is 304 g/mol. The first-order valence-electron chi connectivity index (χ1n) is 6.06. The Hall–Kier alpha value is -0.990. The number of alkyl halides is 6. The Kier molecular flexibility index (Phi) is 6.11. The van der Waals surface area contributed by atoms with E-state index < -0.39 is 35.9 Å². The molecule has 0 fully saturated rings. The Morgan fingerprint density at radius 1 is 1.00 bits per heavy atom. The lowest BCUT2D eigenvalue weighted by Gasteiger charge is -2.31. The van der Waals surface area contributed by atoms with Crippen LogP contribution in [0.2, 0.25) is 0 Å². The third kappa shape index (κ3) is 7.01. The average Bonchev–Trinajstić information content (AvgIpc) is 2.17. The van der Waals surface area contributed by atoms with E-state index in [0.29, 0.717) is 0 Å². The van der Waals surface area contributed by atoms with Gasteiger partial charge in [0.2, 0.25) is 0 Å². The van der Waals surface area contributed by atoms with Crippen molar-refractivity contribution in [2.24, 2.45) is 5.41 Å². The predicted octanol–water partition coefficient (Wildman–Crippen LogP) is 3.39. The molecule has 0 aliphatic carbocycles. The maximum absolute atomic E-state index is 12.4. The van der Waals surface area contributed by atoms with Gasteiger partial charge >= 0.3 is 18.3 Å². The van der Waals surface area contributed by atoms with Gasteiger partial charge in [0.1, 0.15) is 6.04 Å². The molecule has 0 spiro atoms. The lowest BCUT2D eigenvalue weighted by molar-refractivity contribution is -0.314. The van der Waals surface area contributed by atoms with Crippen LogP contribution in [-0.4, -0.2) is 49.5 Å². The van der Waals surface area contributed by atoms with Crippen molar-refractivity contribution in [3.05, 3.63) is 0 Å². The van der Waals surface area contributed by atoms with Gasteiger partial charge in [0.05, 0.1) is 0 Å². The predicted molar refractivity (Wildman–Crippen MR) is 63.5 cm³/mol. The van der Waals surface area contributed by atoms with Crippen LogP contribution in [0.1, 0.15) is 27.2 Å². The van der Waals surface area contributed by atoms with Crippen LogP contribution >= 0.6 is 0 Å². The van der Waals surface area contributed by atoms with Crippen molar-refractivity contribution in [1.29, 1.82) is 0 Å². The number of rotatable bonds is 4. The quantitative estimate of drug-likeness (QED) is 0.587. The van der Waals surface area contributed by atoms with Crippen molar-refractivity contribution < 1.29 is 35.9 Å². The molecule has 0 amide bonds. The summed E-state index contributed by atoms with van der Waals surface area (Å²) in [7, 11) is 2.77. The van der Waals surface area contributed by atoms with Crippen molar-refractivity contribution in [1.82, 2.24) is 4.90 Å². The first-order chi connectivity index (χ1) is 9.05. The van der Waals surface area contributed by atoms with E-state index in [0.717, 1.165) is 0 Å². The van der Waals surface area contributed by atoms with Crippen LogP contribution in [0.5, 0.6) is 0 Å². The standard InChI is InChI=1S/C12H19F6NO2/c1-10(2,3)6-7(19(4)5)8(20)21-9(11(13,14)15)12(16,17)18/h7,9H,6H2,1-5H3. The van der Waals surface area contributed by atoms with Crippen LogP contribution in [0.15, 0.2) is 0 Å². The number of hydrogen-bond donors (Lipinski definition) is 0. The minimum atomic E-state index is -5.70. The number of likely N-dealkylation sites (N-methyl/N-ethyl adjacent to an activating group) is 1. The third-order valence-electron chi connectivity index (χ3n) is 2.53. The second-order valence-electron chi connectivity index (χ2n) is 6.14. The Morgan fingerprint density at radius 3 is 1.62 bits per heavy atom. The van der Waals surface area contributed by atoms with Gasteiger partial charge < -0.3 is 4.74 Å². The second kappa shape index (κ2) is 6.41. The maximum atomic E-state index is 12.4. The summed E-state index contributed by atoms with van der Waals surface area (Å²) in [5, 5.41) is 0. The van der Waals surface area contributed by atoms with Crippen LogP contribution in [0.25, 0.3) is 0 Å². The average molecular weight is 323 g/mol. The van der Waals surface area contributed by atoms with Crippen LogP contribution < -0.4 is 0 Å². The van der Waals surface area contributed by atoms with Crippen molar-refractivity contribution in [2.75, 3.05) is 14.1 Å². The number of carbonyl (C=O) groups excluding carboxylic acids is 1. The van der Waals surface area contributed by atoms with Gasteiger partial charge in [-0.1, -0.05) is 20.8 Å². The van der Waals surface area contributed by atoms with E-state index >= 15 is 0 Å². The largest absolute Gasteiger partial charge is 0.442 e. The highest BCUT2D eigenvalue weighted by molar-refractivity contribution is 5.76. The van der Waals surface area contributed by atoms with Gasteiger partial charge in [-0.15, -0.1) is 0 Å². The van der Waals surface area contributed by atoms with Gasteiger partial charge in [-0.2, -0.15) is 26.3 Å². The van der Waals surface area contributed by atoms with E-state index in [4.69, 9.17) is 0 Å². The molecule has 0 radical (unpaired) electrons. The van der Waals surface area contributed by atoms with Crippen LogP contribution in [-0.2, 0) is 9.53 Å². The molecule has 9 heteroatoms. The fourth-order valence-electron chi connectivity index (χ4n) is 1.57. The van der Waals surface area contributed by atoms with Gasteiger partial charge in [-0.05, 0) is 25.9 Å². The molecule has 0 heterocycles. The SMILES string of the molecule is CN(C)C(CC(C)(C)C)C(=O)OC(C(F)(F)F)C(F)(F)F. The van der Waals surface area contributed by atoms with Crippen molar-refractivity contribution in [3.8, 4) is 0 Å². The van der Waals surface area contributed by atoms with Gasteiger partial charge in [0.15, 0.2) is 0 Å². The molecule has 21 heavy (non-hydrogen) atoms. The highest BCUT2D eigenvalue weighted by Crippen LogP contribution is 2.36. The second-order valence-corrected chi connectivity index (χ2v) is 6.14.